The molecule has 0 radical (unpaired) electrons. The Bertz CT molecular complexity index is 908. The van der Waals surface area contributed by atoms with Crippen LogP contribution in [0.1, 0.15) is 10.4 Å². The predicted molar refractivity (Wildman–Crippen MR) is 96.7 cm³/mol. The van der Waals surface area contributed by atoms with Gasteiger partial charge < -0.3 is 15.8 Å². The highest BCUT2D eigenvalue weighted by Crippen LogP contribution is 2.14. The molecule has 2 amide bonds. The molecule has 3 aromatic rings. The summed E-state index contributed by atoms with van der Waals surface area (Å²) in [4.78, 5) is 24.2. The Labute approximate surface area is 155 Å². The number of primary amides is 1. The molecule has 9 heteroatoms. The average Bonchev–Trinajstić information content (AvgIpc) is 3.14. The lowest BCUT2D eigenvalue weighted by atomic mass is 10.1. The maximum absolute atomic E-state index is 11.9. The normalized spacial score (nSPS) is 10.4. The fraction of sp³-hybridized carbons (Fsp3) is 0.167. The molecule has 3 rings (SSSR count). The molecule has 0 saturated heterocycles. The summed E-state index contributed by atoms with van der Waals surface area (Å²) in [5.41, 5.74) is 6.27. The van der Waals surface area contributed by atoms with Crippen LogP contribution < -0.4 is 15.8 Å². The van der Waals surface area contributed by atoms with Crippen LogP contribution in [0, 0.1) is 0 Å². The molecule has 0 atom stereocenters. The van der Waals surface area contributed by atoms with E-state index in [0.717, 1.165) is 5.75 Å². The highest BCUT2D eigenvalue weighted by molar-refractivity contribution is 5.93. The van der Waals surface area contributed by atoms with E-state index in [1.807, 2.05) is 30.3 Å². The topological polar surface area (TPSA) is 125 Å². The van der Waals surface area contributed by atoms with E-state index in [9.17, 15) is 9.59 Å². The van der Waals surface area contributed by atoms with Gasteiger partial charge in [0, 0.05) is 11.1 Å². The number of nitrogens with two attached hydrogens (primary N) is 1. The molecule has 27 heavy (non-hydrogen) atoms. The van der Waals surface area contributed by atoms with Crippen molar-refractivity contribution in [3.8, 4) is 17.1 Å². The van der Waals surface area contributed by atoms with E-state index >= 15 is 0 Å². The van der Waals surface area contributed by atoms with Gasteiger partial charge in [0.2, 0.25) is 17.6 Å². The molecular formula is C18H18N6O3. The first-order chi connectivity index (χ1) is 13.1. The minimum absolute atomic E-state index is 0.0578. The van der Waals surface area contributed by atoms with Crippen molar-refractivity contribution in [3.63, 3.8) is 0 Å². The number of amides is 2. The largest absolute Gasteiger partial charge is 0.492 e. The summed E-state index contributed by atoms with van der Waals surface area (Å²) in [6.07, 6.45) is 0. The molecule has 138 valence electrons. The molecule has 0 aliphatic rings. The smallest absolute Gasteiger partial charge is 0.248 e. The number of nitrogens with one attached hydrogen (secondary N) is 1. The zero-order valence-electron chi connectivity index (χ0n) is 14.4. The summed E-state index contributed by atoms with van der Waals surface area (Å²) < 4.78 is 5.50. The molecule has 1 heterocycles. The van der Waals surface area contributed by atoms with Gasteiger partial charge in [-0.15, -0.1) is 10.2 Å². The highest BCUT2D eigenvalue weighted by atomic mass is 16.5. The molecule has 0 fully saturated rings. The molecule has 9 nitrogen and oxygen atoms in total. The van der Waals surface area contributed by atoms with Crippen LogP contribution in [0.15, 0.2) is 54.6 Å². The third kappa shape index (κ3) is 5.11. The Hall–Kier alpha value is -3.75. The van der Waals surface area contributed by atoms with Crippen LogP contribution in [0.5, 0.6) is 5.75 Å². The Kier molecular flexibility index (Phi) is 5.73. The van der Waals surface area contributed by atoms with Crippen LogP contribution in [0.4, 0.5) is 0 Å². The third-order valence-corrected chi connectivity index (χ3v) is 3.60. The number of hydrogen-bond acceptors (Lipinski definition) is 6. The maximum atomic E-state index is 11.9. The summed E-state index contributed by atoms with van der Waals surface area (Å²) in [5, 5.41) is 14.7. The van der Waals surface area contributed by atoms with Crippen molar-refractivity contribution < 1.29 is 14.3 Å². The summed E-state index contributed by atoms with van der Waals surface area (Å²) in [5.74, 6) is 0.341. The number of rotatable bonds is 8. The maximum Gasteiger partial charge on any atom is 0.248 e. The number of carbonyl (C=O) groups excluding carboxylic acids is 2. The number of ether oxygens (including phenoxy) is 1. The van der Waals surface area contributed by atoms with Gasteiger partial charge in [0.05, 0.1) is 6.54 Å². The fourth-order valence-corrected chi connectivity index (χ4v) is 2.27. The van der Waals surface area contributed by atoms with Gasteiger partial charge in [-0.05, 0) is 29.5 Å². The predicted octanol–water partition coefficient (Wildman–Crippen LogP) is 0.634. The quantitative estimate of drug-likeness (QED) is 0.564. The second-order valence-corrected chi connectivity index (χ2v) is 5.60. The first kappa shape index (κ1) is 18.1. The van der Waals surface area contributed by atoms with Crippen molar-refractivity contribution >= 4 is 11.8 Å². The number of carbonyl (C=O) groups is 2. The average molecular weight is 366 g/mol. The van der Waals surface area contributed by atoms with E-state index in [-0.39, 0.29) is 12.5 Å². The molecule has 0 aliphatic heterocycles. The van der Waals surface area contributed by atoms with Crippen LogP contribution in [0.2, 0.25) is 0 Å². The summed E-state index contributed by atoms with van der Waals surface area (Å²) in [7, 11) is 0. The zero-order valence-corrected chi connectivity index (χ0v) is 14.4. The van der Waals surface area contributed by atoms with Gasteiger partial charge in [0.1, 0.15) is 18.9 Å². The van der Waals surface area contributed by atoms with Gasteiger partial charge in [-0.25, -0.2) is 0 Å². The summed E-state index contributed by atoms with van der Waals surface area (Å²) >= 11 is 0. The Morgan fingerprint density at radius 1 is 1.07 bits per heavy atom. The van der Waals surface area contributed by atoms with E-state index in [2.05, 4.69) is 20.7 Å². The van der Waals surface area contributed by atoms with Crippen molar-refractivity contribution in [1.82, 2.24) is 25.5 Å². The van der Waals surface area contributed by atoms with E-state index in [1.54, 1.807) is 24.3 Å². The van der Waals surface area contributed by atoms with Crippen LogP contribution >= 0.6 is 0 Å². The van der Waals surface area contributed by atoms with E-state index in [1.165, 1.54) is 4.80 Å². The Balaban J connectivity index is 1.47. The first-order valence-electron chi connectivity index (χ1n) is 8.24. The van der Waals surface area contributed by atoms with Crippen LogP contribution in [0.25, 0.3) is 11.4 Å². The number of aromatic nitrogens is 4. The van der Waals surface area contributed by atoms with Gasteiger partial charge >= 0.3 is 0 Å². The highest BCUT2D eigenvalue weighted by Gasteiger charge is 2.10. The number of tetrazole rings is 1. The van der Waals surface area contributed by atoms with E-state index in [4.69, 9.17) is 10.5 Å². The molecule has 0 unspecified atom stereocenters. The minimum atomic E-state index is -0.508. The summed E-state index contributed by atoms with van der Waals surface area (Å²) in [6.45, 7) is 0.666. The molecule has 3 N–H and O–H groups in total. The second kappa shape index (κ2) is 8.56. The van der Waals surface area contributed by atoms with Gasteiger partial charge in [-0.2, -0.15) is 4.80 Å². The van der Waals surface area contributed by atoms with E-state index in [0.29, 0.717) is 30.1 Å². The fourth-order valence-electron chi connectivity index (χ4n) is 2.27. The van der Waals surface area contributed by atoms with E-state index < -0.39 is 5.91 Å². The second-order valence-electron chi connectivity index (χ2n) is 5.60. The third-order valence-electron chi connectivity index (χ3n) is 3.60. The molecule has 1 aromatic heterocycles. The molecular weight excluding hydrogens is 348 g/mol. The number of benzene rings is 2. The lowest BCUT2D eigenvalue weighted by molar-refractivity contribution is -0.122. The van der Waals surface area contributed by atoms with Gasteiger partial charge in [0.25, 0.3) is 0 Å². The molecule has 0 spiro atoms. The monoisotopic (exact) mass is 366 g/mol. The van der Waals surface area contributed by atoms with Crippen molar-refractivity contribution in [2.75, 3.05) is 13.2 Å². The summed E-state index contributed by atoms with van der Waals surface area (Å²) in [6, 6.07) is 15.9. The SMILES string of the molecule is NC(=O)c1ccc(-c2nnn(CC(=O)NCCOc3ccccc3)n2)cc1. The molecule has 0 saturated carbocycles. The Morgan fingerprint density at radius 3 is 2.52 bits per heavy atom. The molecule has 0 aliphatic carbocycles. The number of nitrogens with zero attached hydrogens (tertiary/aromatic N) is 4. The number of hydrogen-bond donors (Lipinski definition) is 2. The van der Waals surface area contributed by atoms with Crippen LogP contribution in [0.3, 0.4) is 0 Å². The van der Waals surface area contributed by atoms with Crippen LogP contribution in [-0.4, -0.2) is 45.2 Å². The zero-order chi connectivity index (χ0) is 19.1. The van der Waals surface area contributed by atoms with Gasteiger partial charge in [-0.3, -0.25) is 9.59 Å². The molecule has 0 bridgehead atoms. The standard InChI is InChI=1S/C18H18N6O3/c19-17(26)13-6-8-14(9-7-13)18-21-23-24(22-18)12-16(25)20-10-11-27-15-4-2-1-3-5-15/h1-9H,10-12H2,(H2,19,26)(H,20,25). The van der Waals surface area contributed by atoms with Gasteiger partial charge in [-0.1, -0.05) is 30.3 Å². The van der Waals surface area contributed by atoms with Gasteiger partial charge in [0.15, 0.2) is 0 Å². The van der Waals surface area contributed by atoms with Crippen LogP contribution in [-0.2, 0) is 11.3 Å². The lowest BCUT2D eigenvalue weighted by Gasteiger charge is -2.07. The lowest BCUT2D eigenvalue weighted by Crippen LogP contribution is -2.31. The Morgan fingerprint density at radius 2 is 1.81 bits per heavy atom. The minimum Gasteiger partial charge on any atom is -0.492 e. The number of para-hydroxylation sites is 1. The van der Waals surface area contributed by atoms with Crippen molar-refractivity contribution in [2.24, 2.45) is 5.73 Å². The van der Waals surface area contributed by atoms with Crippen molar-refractivity contribution in [1.29, 1.82) is 0 Å². The van der Waals surface area contributed by atoms with Crippen molar-refractivity contribution in [3.05, 3.63) is 60.2 Å². The van der Waals surface area contributed by atoms with Crippen molar-refractivity contribution in [2.45, 2.75) is 6.54 Å². The first-order valence-corrected chi connectivity index (χ1v) is 8.24. The molecule has 2 aromatic carbocycles.